The molecule has 0 aliphatic carbocycles. The molecule has 21 heavy (non-hydrogen) atoms. The number of fused-ring (bicyclic) bond motifs is 1. The third-order valence-electron chi connectivity index (χ3n) is 3.30. The third-order valence-corrected chi connectivity index (χ3v) is 4.52. The van der Waals surface area contributed by atoms with Gasteiger partial charge in [-0.3, -0.25) is 14.6 Å². The van der Waals surface area contributed by atoms with E-state index in [1.807, 2.05) is 30.3 Å². The highest BCUT2D eigenvalue weighted by Gasteiger charge is 2.13. The van der Waals surface area contributed by atoms with E-state index in [9.17, 15) is 9.59 Å². The SMILES string of the molecule is CC(=O)c1ccc(C(=O)Cc2cccc3cccnc23)s1. The monoisotopic (exact) mass is 295 g/mol. The van der Waals surface area contributed by atoms with Crippen LogP contribution in [0.3, 0.4) is 0 Å². The molecule has 4 heteroatoms. The summed E-state index contributed by atoms with van der Waals surface area (Å²) in [5, 5.41) is 1.03. The van der Waals surface area contributed by atoms with Gasteiger partial charge in [-0.1, -0.05) is 24.3 Å². The molecule has 2 aromatic heterocycles. The van der Waals surface area contributed by atoms with E-state index in [0.29, 0.717) is 16.2 Å². The average Bonchev–Trinajstić information content (AvgIpc) is 2.98. The summed E-state index contributed by atoms with van der Waals surface area (Å²) in [6.45, 7) is 1.51. The van der Waals surface area contributed by atoms with Gasteiger partial charge >= 0.3 is 0 Å². The molecule has 3 aromatic rings. The number of carbonyl (C=O) groups excluding carboxylic acids is 2. The first-order valence-electron chi connectivity index (χ1n) is 6.62. The van der Waals surface area contributed by atoms with Crippen molar-refractivity contribution >= 4 is 33.8 Å². The van der Waals surface area contributed by atoms with Crippen LogP contribution in [0.15, 0.2) is 48.7 Å². The second-order valence-electron chi connectivity index (χ2n) is 4.81. The van der Waals surface area contributed by atoms with Gasteiger partial charge in [-0.05, 0) is 30.7 Å². The number of carbonyl (C=O) groups is 2. The topological polar surface area (TPSA) is 47.0 Å². The summed E-state index contributed by atoms with van der Waals surface area (Å²) in [7, 11) is 0. The summed E-state index contributed by atoms with van der Waals surface area (Å²) in [4.78, 5) is 29.3. The van der Waals surface area contributed by atoms with Crippen LogP contribution in [0.2, 0.25) is 0 Å². The van der Waals surface area contributed by atoms with E-state index in [-0.39, 0.29) is 11.6 Å². The van der Waals surface area contributed by atoms with Crippen LogP contribution in [0.1, 0.15) is 31.8 Å². The number of benzene rings is 1. The van der Waals surface area contributed by atoms with Crippen molar-refractivity contribution in [1.29, 1.82) is 0 Å². The number of nitrogens with zero attached hydrogens (tertiary/aromatic N) is 1. The molecule has 1 aromatic carbocycles. The molecular weight excluding hydrogens is 282 g/mol. The number of para-hydroxylation sites is 1. The van der Waals surface area contributed by atoms with Gasteiger partial charge < -0.3 is 0 Å². The Hall–Kier alpha value is -2.33. The van der Waals surface area contributed by atoms with E-state index < -0.39 is 0 Å². The molecule has 0 N–H and O–H groups in total. The first kappa shape index (κ1) is 13.6. The Labute approximate surface area is 126 Å². The number of Topliss-reactive ketones (excluding diaryl/α,β-unsaturated/α-hetero) is 2. The van der Waals surface area contributed by atoms with Crippen molar-refractivity contribution in [2.45, 2.75) is 13.3 Å². The summed E-state index contributed by atoms with van der Waals surface area (Å²) in [6, 6.07) is 13.1. The van der Waals surface area contributed by atoms with Gasteiger partial charge in [0.15, 0.2) is 11.6 Å². The van der Waals surface area contributed by atoms with E-state index in [0.717, 1.165) is 16.5 Å². The van der Waals surface area contributed by atoms with Crippen LogP contribution in [-0.2, 0) is 6.42 Å². The van der Waals surface area contributed by atoms with Gasteiger partial charge in [0.05, 0.1) is 15.3 Å². The predicted octanol–water partition coefficient (Wildman–Crippen LogP) is 3.92. The molecule has 0 radical (unpaired) electrons. The molecule has 0 fully saturated rings. The maximum absolute atomic E-state index is 12.4. The summed E-state index contributed by atoms with van der Waals surface area (Å²) in [5.74, 6) is 0.0107. The highest BCUT2D eigenvalue weighted by atomic mass is 32.1. The van der Waals surface area contributed by atoms with Crippen molar-refractivity contribution in [2.75, 3.05) is 0 Å². The van der Waals surface area contributed by atoms with E-state index in [1.165, 1.54) is 18.3 Å². The van der Waals surface area contributed by atoms with Crippen molar-refractivity contribution in [2.24, 2.45) is 0 Å². The molecule has 2 heterocycles. The zero-order chi connectivity index (χ0) is 14.8. The van der Waals surface area contributed by atoms with Crippen LogP contribution < -0.4 is 0 Å². The minimum Gasteiger partial charge on any atom is -0.294 e. The van der Waals surface area contributed by atoms with Crippen LogP contribution >= 0.6 is 11.3 Å². The quantitative estimate of drug-likeness (QED) is 0.685. The second kappa shape index (κ2) is 5.58. The van der Waals surface area contributed by atoms with Crippen molar-refractivity contribution in [3.05, 3.63) is 64.0 Å². The normalized spacial score (nSPS) is 10.7. The molecule has 0 unspecified atom stereocenters. The number of hydrogen-bond acceptors (Lipinski definition) is 4. The standard InChI is InChI=1S/C17H13NO2S/c1-11(19)15-7-8-16(21-15)14(20)10-13-5-2-4-12-6-3-9-18-17(12)13/h2-9H,10H2,1H3. The highest BCUT2D eigenvalue weighted by molar-refractivity contribution is 7.16. The van der Waals surface area contributed by atoms with Crippen molar-refractivity contribution in [1.82, 2.24) is 4.98 Å². The van der Waals surface area contributed by atoms with Crippen LogP contribution in [-0.4, -0.2) is 16.6 Å². The zero-order valence-corrected chi connectivity index (χ0v) is 12.3. The lowest BCUT2D eigenvalue weighted by Crippen LogP contribution is -2.02. The lowest BCUT2D eigenvalue weighted by atomic mass is 10.0. The molecule has 0 saturated heterocycles. The summed E-state index contributed by atoms with van der Waals surface area (Å²) >= 11 is 1.25. The second-order valence-corrected chi connectivity index (χ2v) is 5.90. The Morgan fingerprint density at radius 2 is 1.81 bits per heavy atom. The fourth-order valence-corrected chi connectivity index (χ4v) is 3.09. The molecule has 104 valence electrons. The molecule has 0 bridgehead atoms. The van der Waals surface area contributed by atoms with Crippen LogP contribution in [0.5, 0.6) is 0 Å². The Bertz CT molecular complexity index is 830. The fourth-order valence-electron chi connectivity index (χ4n) is 2.25. The van der Waals surface area contributed by atoms with Crippen LogP contribution in [0.25, 0.3) is 10.9 Å². The predicted molar refractivity (Wildman–Crippen MR) is 84.1 cm³/mol. The smallest absolute Gasteiger partial charge is 0.177 e. The number of hydrogen-bond donors (Lipinski definition) is 0. The van der Waals surface area contributed by atoms with Gasteiger partial charge in [-0.2, -0.15) is 0 Å². The number of rotatable bonds is 4. The molecule has 0 atom stereocenters. The molecule has 3 nitrogen and oxygen atoms in total. The van der Waals surface area contributed by atoms with Crippen molar-refractivity contribution in [3.8, 4) is 0 Å². The number of thiophene rings is 1. The summed E-state index contributed by atoms with van der Waals surface area (Å²) in [6.07, 6.45) is 2.03. The Morgan fingerprint density at radius 1 is 1.05 bits per heavy atom. The van der Waals surface area contributed by atoms with Gasteiger partial charge in [0, 0.05) is 18.0 Å². The van der Waals surface area contributed by atoms with Gasteiger partial charge in [0.2, 0.25) is 0 Å². The van der Waals surface area contributed by atoms with Crippen LogP contribution in [0.4, 0.5) is 0 Å². The van der Waals surface area contributed by atoms with Gasteiger partial charge in [-0.25, -0.2) is 0 Å². The van der Waals surface area contributed by atoms with E-state index in [4.69, 9.17) is 0 Å². The highest BCUT2D eigenvalue weighted by Crippen LogP contribution is 2.22. The Kier molecular flexibility index (Phi) is 3.62. The summed E-state index contributed by atoms with van der Waals surface area (Å²) < 4.78 is 0. The molecule has 3 rings (SSSR count). The lowest BCUT2D eigenvalue weighted by Gasteiger charge is -2.04. The molecular formula is C17H13NO2S. The molecule has 0 amide bonds. The summed E-state index contributed by atoms with van der Waals surface area (Å²) in [5.41, 5.74) is 1.77. The molecule has 0 aliphatic heterocycles. The maximum Gasteiger partial charge on any atom is 0.177 e. The average molecular weight is 295 g/mol. The Balaban J connectivity index is 1.91. The lowest BCUT2D eigenvalue weighted by molar-refractivity contribution is 0.0995. The first-order valence-corrected chi connectivity index (χ1v) is 7.43. The van der Waals surface area contributed by atoms with E-state index in [2.05, 4.69) is 4.98 Å². The molecule has 0 aliphatic rings. The van der Waals surface area contributed by atoms with Crippen molar-refractivity contribution < 1.29 is 9.59 Å². The minimum absolute atomic E-state index is 0.00845. The van der Waals surface area contributed by atoms with Crippen LogP contribution in [0, 0.1) is 0 Å². The van der Waals surface area contributed by atoms with Gasteiger partial charge in [0.1, 0.15) is 0 Å². The van der Waals surface area contributed by atoms with Gasteiger partial charge in [-0.15, -0.1) is 11.3 Å². The number of aromatic nitrogens is 1. The zero-order valence-electron chi connectivity index (χ0n) is 11.5. The molecule has 0 spiro atoms. The number of pyridine rings is 1. The minimum atomic E-state index is -0.00845. The van der Waals surface area contributed by atoms with E-state index >= 15 is 0 Å². The first-order chi connectivity index (χ1) is 10.1. The largest absolute Gasteiger partial charge is 0.294 e. The van der Waals surface area contributed by atoms with Crippen molar-refractivity contribution in [3.63, 3.8) is 0 Å². The number of ketones is 2. The van der Waals surface area contributed by atoms with Gasteiger partial charge in [0.25, 0.3) is 0 Å². The maximum atomic E-state index is 12.4. The fraction of sp³-hybridized carbons (Fsp3) is 0.118. The molecule has 0 saturated carbocycles. The Morgan fingerprint density at radius 3 is 2.57 bits per heavy atom. The third kappa shape index (κ3) is 2.76. The van der Waals surface area contributed by atoms with E-state index in [1.54, 1.807) is 18.3 Å².